The zero-order chi connectivity index (χ0) is 22.6. The fraction of sp³-hybridized carbons (Fsp3) is 0.579. The van der Waals surface area contributed by atoms with Gasteiger partial charge in [0.2, 0.25) is 5.91 Å². The van der Waals surface area contributed by atoms with Gasteiger partial charge in [0.1, 0.15) is 0 Å². The summed E-state index contributed by atoms with van der Waals surface area (Å²) in [6, 6.07) is 0. The Morgan fingerprint density at radius 2 is 1.48 bits per heavy atom. The minimum absolute atomic E-state index is 0.0404. The Bertz CT molecular complexity index is 716. The zero-order valence-corrected chi connectivity index (χ0v) is 17.0. The van der Waals surface area contributed by atoms with Gasteiger partial charge in [-0.3, -0.25) is 28.9 Å². The zero-order valence-electron chi connectivity index (χ0n) is 17.0. The van der Waals surface area contributed by atoms with E-state index in [0.29, 0.717) is 18.0 Å². The SMILES string of the molecule is O=C(CCCN1C(=O)C=CC1=O)NCCOCCOCCC(=O)ON1C(=O)CCC1=O. The summed E-state index contributed by atoms with van der Waals surface area (Å²) in [5, 5.41) is 3.15. The molecule has 0 aliphatic carbocycles. The van der Waals surface area contributed by atoms with E-state index in [1.807, 2.05) is 0 Å². The molecule has 12 nitrogen and oxygen atoms in total. The first-order valence-corrected chi connectivity index (χ1v) is 9.91. The summed E-state index contributed by atoms with van der Waals surface area (Å²) < 4.78 is 10.5. The van der Waals surface area contributed by atoms with Crippen molar-refractivity contribution < 1.29 is 43.1 Å². The Balaban J connectivity index is 1.38. The molecule has 1 saturated heterocycles. The van der Waals surface area contributed by atoms with Crippen molar-refractivity contribution in [3.05, 3.63) is 12.2 Å². The number of imide groups is 2. The molecule has 0 atom stereocenters. The van der Waals surface area contributed by atoms with Gasteiger partial charge in [0.15, 0.2) is 0 Å². The number of nitrogens with one attached hydrogen (secondary N) is 1. The Morgan fingerprint density at radius 3 is 2.13 bits per heavy atom. The summed E-state index contributed by atoms with van der Waals surface area (Å²) in [5.74, 6) is -2.74. The van der Waals surface area contributed by atoms with Gasteiger partial charge in [0.05, 0.1) is 32.8 Å². The normalized spacial score (nSPS) is 15.9. The molecular weight excluding hydrogens is 414 g/mol. The highest BCUT2D eigenvalue weighted by molar-refractivity contribution is 6.12. The summed E-state index contributed by atoms with van der Waals surface area (Å²) in [4.78, 5) is 74.4. The molecule has 1 N–H and O–H groups in total. The molecule has 2 aliphatic rings. The lowest BCUT2D eigenvalue weighted by Crippen LogP contribution is -2.32. The number of nitrogens with zero attached hydrogens (tertiary/aromatic N) is 2. The second-order valence-corrected chi connectivity index (χ2v) is 6.63. The Labute approximate surface area is 178 Å². The molecule has 12 heteroatoms. The van der Waals surface area contributed by atoms with E-state index < -0.39 is 17.8 Å². The van der Waals surface area contributed by atoms with Crippen LogP contribution in [-0.4, -0.2) is 85.0 Å². The van der Waals surface area contributed by atoms with Crippen LogP contribution in [0.15, 0.2) is 12.2 Å². The van der Waals surface area contributed by atoms with Crippen LogP contribution >= 0.6 is 0 Å². The summed E-state index contributed by atoms with van der Waals surface area (Å²) in [7, 11) is 0. The van der Waals surface area contributed by atoms with Gasteiger partial charge in [0, 0.05) is 44.5 Å². The molecule has 0 spiro atoms. The molecule has 0 aromatic carbocycles. The van der Waals surface area contributed by atoms with Gasteiger partial charge in [-0.25, -0.2) is 4.79 Å². The van der Waals surface area contributed by atoms with Crippen molar-refractivity contribution in [3.63, 3.8) is 0 Å². The van der Waals surface area contributed by atoms with Gasteiger partial charge < -0.3 is 19.6 Å². The lowest BCUT2D eigenvalue weighted by Gasteiger charge is -2.13. The molecule has 2 aliphatic heterocycles. The van der Waals surface area contributed by atoms with E-state index in [2.05, 4.69) is 5.32 Å². The van der Waals surface area contributed by atoms with Gasteiger partial charge in [-0.1, -0.05) is 0 Å². The lowest BCUT2D eigenvalue weighted by atomic mass is 10.3. The maximum atomic E-state index is 11.7. The molecule has 0 aromatic rings. The van der Waals surface area contributed by atoms with Crippen LogP contribution in [0.2, 0.25) is 0 Å². The third-order valence-electron chi connectivity index (χ3n) is 4.28. The smallest absolute Gasteiger partial charge is 0.335 e. The molecule has 2 rings (SSSR count). The number of hydrogen-bond acceptors (Lipinski definition) is 9. The maximum absolute atomic E-state index is 11.7. The molecule has 170 valence electrons. The van der Waals surface area contributed by atoms with Gasteiger partial charge >= 0.3 is 5.97 Å². The van der Waals surface area contributed by atoms with Crippen molar-refractivity contribution in [2.45, 2.75) is 32.1 Å². The number of carbonyl (C=O) groups excluding carboxylic acids is 6. The lowest BCUT2D eigenvalue weighted by molar-refractivity contribution is -0.198. The molecule has 0 unspecified atom stereocenters. The number of ether oxygens (including phenoxy) is 2. The molecular formula is C19H25N3O9. The molecule has 5 amide bonds. The molecule has 0 bridgehead atoms. The summed E-state index contributed by atoms with van der Waals surface area (Å²) in [6.45, 7) is 1.28. The van der Waals surface area contributed by atoms with Gasteiger partial charge in [-0.15, -0.1) is 5.06 Å². The highest BCUT2D eigenvalue weighted by atomic mass is 16.7. The van der Waals surface area contributed by atoms with Crippen LogP contribution in [0.5, 0.6) is 0 Å². The van der Waals surface area contributed by atoms with E-state index >= 15 is 0 Å². The fourth-order valence-electron chi connectivity index (χ4n) is 2.68. The van der Waals surface area contributed by atoms with E-state index in [1.54, 1.807) is 0 Å². The van der Waals surface area contributed by atoms with Crippen LogP contribution in [0.4, 0.5) is 0 Å². The first-order valence-electron chi connectivity index (χ1n) is 9.91. The van der Waals surface area contributed by atoms with Gasteiger partial charge in [-0.05, 0) is 6.42 Å². The first kappa shape index (κ1) is 24.2. The Hall–Kier alpha value is -3.12. The number of rotatable bonds is 14. The predicted molar refractivity (Wildman–Crippen MR) is 102 cm³/mol. The fourth-order valence-corrected chi connectivity index (χ4v) is 2.68. The number of carbonyl (C=O) groups is 6. The summed E-state index contributed by atoms with van der Waals surface area (Å²) in [6.07, 6.45) is 2.93. The average Bonchev–Trinajstić information content (AvgIpc) is 3.22. The van der Waals surface area contributed by atoms with E-state index in [9.17, 15) is 28.8 Å². The Morgan fingerprint density at radius 1 is 0.871 bits per heavy atom. The second kappa shape index (κ2) is 12.5. The van der Waals surface area contributed by atoms with Crippen molar-refractivity contribution in [1.29, 1.82) is 0 Å². The Kier molecular flexibility index (Phi) is 9.78. The topological polar surface area (TPSA) is 149 Å². The molecule has 2 heterocycles. The van der Waals surface area contributed by atoms with Crippen LogP contribution in [-0.2, 0) is 43.1 Å². The van der Waals surface area contributed by atoms with E-state index in [-0.39, 0.29) is 76.4 Å². The van der Waals surface area contributed by atoms with E-state index in [1.165, 1.54) is 12.2 Å². The third kappa shape index (κ3) is 8.26. The largest absolute Gasteiger partial charge is 0.378 e. The molecule has 0 radical (unpaired) electrons. The quantitative estimate of drug-likeness (QED) is 0.261. The van der Waals surface area contributed by atoms with Gasteiger partial charge in [-0.2, -0.15) is 0 Å². The standard InChI is InChI=1S/C19H25N3O9/c23-14(2-1-9-21-15(24)3-4-16(21)25)20-8-11-30-13-12-29-10-7-19(28)31-22-17(26)5-6-18(22)27/h3-4H,1-2,5-13H2,(H,20,23). The van der Waals surface area contributed by atoms with E-state index in [4.69, 9.17) is 14.3 Å². The molecule has 0 aromatic heterocycles. The average molecular weight is 439 g/mol. The summed E-state index contributed by atoms with van der Waals surface area (Å²) in [5.41, 5.74) is 0. The van der Waals surface area contributed by atoms with Crippen molar-refractivity contribution in [3.8, 4) is 0 Å². The predicted octanol–water partition coefficient (Wildman–Crippen LogP) is -1.16. The summed E-state index contributed by atoms with van der Waals surface area (Å²) >= 11 is 0. The minimum atomic E-state index is -0.734. The monoisotopic (exact) mass is 439 g/mol. The number of hydroxylamine groups is 2. The second-order valence-electron chi connectivity index (χ2n) is 6.63. The van der Waals surface area contributed by atoms with Crippen LogP contribution in [0.25, 0.3) is 0 Å². The van der Waals surface area contributed by atoms with Crippen molar-refractivity contribution in [1.82, 2.24) is 15.3 Å². The highest BCUT2D eigenvalue weighted by Crippen LogP contribution is 2.12. The van der Waals surface area contributed by atoms with Crippen LogP contribution in [0, 0.1) is 0 Å². The number of amides is 5. The number of hydrogen-bond donors (Lipinski definition) is 1. The van der Waals surface area contributed by atoms with E-state index in [0.717, 1.165) is 4.90 Å². The van der Waals surface area contributed by atoms with Crippen LogP contribution in [0.3, 0.4) is 0 Å². The first-order chi connectivity index (χ1) is 14.9. The van der Waals surface area contributed by atoms with Crippen LogP contribution in [0.1, 0.15) is 32.1 Å². The third-order valence-corrected chi connectivity index (χ3v) is 4.28. The minimum Gasteiger partial charge on any atom is -0.378 e. The molecule has 31 heavy (non-hydrogen) atoms. The van der Waals surface area contributed by atoms with Crippen molar-refractivity contribution in [2.24, 2.45) is 0 Å². The van der Waals surface area contributed by atoms with Crippen LogP contribution < -0.4 is 5.32 Å². The van der Waals surface area contributed by atoms with Crippen molar-refractivity contribution in [2.75, 3.05) is 39.5 Å². The molecule has 0 saturated carbocycles. The highest BCUT2D eigenvalue weighted by Gasteiger charge is 2.32. The van der Waals surface area contributed by atoms with Crippen molar-refractivity contribution >= 4 is 35.5 Å². The molecule has 1 fully saturated rings. The van der Waals surface area contributed by atoms with Gasteiger partial charge in [0.25, 0.3) is 23.6 Å². The maximum Gasteiger partial charge on any atom is 0.335 e.